The zero-order valence-electron chi connectivity index (χ0n) is 6.74. The maximum Gasteiger partial charge on any atom is 0.325 e. The Balaban J connectivity index is 2.50. The Morgan fingerprint density at radius 3 is 2.42 bits per heavy atom. The van der Waals surface area contributed by atoms with Gasteiger partial charge in [0.1, 0.15) is 5.54 Å². The molecule has 0 spiro atoms. The van der Waals surface area contributed by atoms with E-state index in [9.17, 15) is 9.59 Å². The third-order valence-electron chi connectivity index (χ3n) is 2.16. The molecule has 1 saturated carbocycles. The molecule has 1 fully saturated rings. The van der Waals surface area contributed by atoms with Crippen molar-refractivity contribution in [1.82, 2.24) is 0 Å². The topological polar surface area (TPSA) is 89.6 Å². The molecule has 3 N–H and O–H groups in total. The number of hydrogen-bond acceptors (Lipinski definition) is 4. The molecule has 68 valence electrons. The largest absolute Gasteiger partial charge is 0.481 e. The summed E-state index contributed by atoms with van der Waals surface area (Å²) in [6, 6.07) is 0. The second kappa shape index (κ2) is 2.75. The van der Waals surface area contributed by atoms with Gasteiger partial charge in [0.2, 0.25) is 0 Å². The summed E-state index contributed by atoms with van der Waals surface area (Å²) < 4.78 is 4.43. The molecule has 0 aromatic carbocycles. The lowest BCUT2D eigenvalue weighted by Crippen LogP contribution is -2.60. The first-order chi connectivity index (χ1) is 5.49. The Kier molecular flexibility index (Phi) is 2.06. The van der Waals surface area contributed by atoms with E-state index in [4.69, 9.17) is 10.8 Å². The van der Waals surface area contributed by atoms with E-state index in [2.05, 4.69) is 4.74 Å². The van der Waals surface area contributed by atoms with Gasteiger partial charge in [-0.3, -0.25) is 9.59 Å². The summed E-state index contributed by atoms with van der Waals surface area (Å²) in [4.78, 5) is 21.3. The number of ether oxygens (including phenoxy) is 1. The number of aliphatic carboxylic acids is 1. The van der Waals surface area contributed by atoms with Gasteiger partial charge in [-0.15, -0.1) is 0 Å². The Bertz CT molecular complexity index is 219. The number of carbonyl (C=O) groups excluding carboxylic acids is 1. The van der Waals surface area contributed by atoms with Crippen LogP contribution in [-0.4, -0.2) is 29.7 Å². The van der Waals surface area contributed by atoms with Crippen LogP contribution < -0.4 is 5.73 Å². The number of nitrogens with two attached hydrogens (primary N) is 1. The Morgan fingerprint density at radius 1 is 1.58 bits per heavy atom. The van der Waals surface area contributed by atoms with Gasteiger partial charge in [-0.2, -0.15) is 0 Å². The van der Waals surface area contributed by atoms with Crippen LogP contribution in [0.2, 0.25) is 0 Å². The molecule has 0 bridgehead atoms. The second-order valence-corrected chi connectivity index (χ2v) is 3.09. The van der Waals surface area contributed by atoms with Gasteiger partial charge >= 0.3 is 11.9 Å². The number of carboxylic acid groups (broad SMARTS) is 1. The molecule has 1 aliphatic rings. The molecule has 1 aliphatic carbocycles. The highest BCUT2D eigenvalue weighted by Crippen LogP contribution is 2.36. The molecule has 0 amide bonds. The number of rotatable bonds is 2. The maximum absolute atomic E-state index is 10.9. The second-order valence-electron chi connectivity index (χ2n) is 3.09. The first-order valence-electron chi connectivity index (χ1n) is 3.60. The van der Waals surface area contributed by atoms with Crippen LogP contribution in [0, 0.1) is 5.92 Å². The van der Waals surface area contributed by atoms with Crippen molar-refractivity contribution < 1.29 is 19.4 Å². The standard InChI is InChI=1S/C7H11NO4/c1-12-6(11)7(8)2-4(3-7)5(9)10/h4H,2-3,8H2,1H3,(H,9,10). The first kappa shape index (κ1) is 8.99. The molecular formula is C7H11NO4. The van der Waals surface area contributed by atoms with Gasteiger partial charge in [0.25, 0.3) is 0 Å². The highest BCUT2D eigenvalue weighted by molar-refractivity contribution is 5.85. The van der Waals surface area contributed by atoms with Gasteiger partial charge in [-0.25, -0.2) is 0 Å². The zero-order chi connectivity index (χ0) is 9.35. The van der Waals surface area contributed by atoms with Crippen molar-refractivity contribution in [2.24, 2.45) is 11.7 Å². The quantitative estimate of drug-likeness (QED) is 0.541. The van der Waals surface area contributed by atoms with Crippen LogP contribution in [-0.2, 0) is 14.3 Å². The van der Waals surface area contributed by atoms with Crippen molar-refractivity contribution in [3.63, 3.8) is 0 Å². The van der Waals surface area contributed by atoms with Crippen LogP contribution in [0.25, 0.3) is 0 Å². The van der Waals surface area contributed by atoms with Gasteiger partial charge in [0.05, 0.1) is 13.0 Å². The number of esters is 1. The molecule has 0 aromatic heterocycles. The van der Waals surface area contributed by atoms with E-state index in [1.54, 1.807) is 0 Å². The average Bonchev–Trinajstić information content (AvgIpc) is 1.96. The number of carbonyl (C=O) groups is 2. The van der Waals surface area contributed by atoms with Gasteiger partial charge < -0.3 is 15.6 Å². The van der Waals surface area contributed by atoms with Gasteiger partial charge in [-0.1, -0.05) is 0 Å². The van der Waals surface area contributed by atoms with E-state index < -0.39 is 23.4 Å². The number of methoxy groups -OCH3 is 1. The van der Waals surface area contributed by atoms with Crippen LogP contribution in [0.3, 0.4) is 0 Å². The maximum atomic E-state index is 10.9. The fourth-order valence-electron chi connectivity index (χ4n) is 1.36. The van der Waals surface area contributed by atoms with Crippen LogP contribution in [0.15, 0.2) is 0 Å². The Hall–Kier alpha value is -1.10. The third kappa shape index (κ3) is 1.27. The van der Waals surface area contributed by atoms with Crippen molar-refractivity contribution in [3.05, 3.63) is 0 Å². The molecular weight excluding hydrogens is 162 g/mol. The minimum atomic E-state index is -1.06. The average molecular weight is 173 g/mol. The highest BCUT2D eigenvalue weighted by Gasteiger charge is 2.50. The molecule has 0 unspecified atom stereocenters. The van der Waals surface area contributed by atoms with E-state index in [1.807, 2.05) is 0 Å². The molecule has 5 heteroatoms. The van der Waals surface area contributed by atoms with E-state index in [-0.39, 0.29) is 12.8 Å². The molecule has 0 atom stereocenters. The smallest absolute Gasteiger partial charge is 0.325 e. The van der Waals surface area contributed by atoms with Crippen LogP contribution in [0.4, 0.5) is 0 Å². The summed E-state index contributed by atoms with van der Waals surface area (Å²) >= 11 is 0. The van der Waals surface area contributed by atoms with Crippen LogP contribution in [0.5, 0.6) is 0 Å². The molecule has 1 rings (SSSR count). The molecule has 0 heterocycles. The summed E-state index contributed by atoms with van der Waals surface area (Å²) in [5, 5.41) is 8.51. The monoisotopic (exact) mass is 173 g/mol. The fourth-order valence-corrected chi connectivity index (χ4v) is 1.36. The van der Waals surface area contributed by atoms with Crippen molar-refractivity contribution in [2.45, 2.75) is 18.4 Å². The third-order valence-corrected chi connectivity index (χ3v) is 2.16. The van der Waals surface area contributed by atoms with Gasteiger partial charge in [0, 0.05) is 0 Å². The summed E-state index contributed by atoms with van der Waals surface area (Å²) in [6.45, 7) is 0. The summed E-state index contributed by atoms with van der Waals surface area (Å²) in [7, 11) is 1.24. The Morgan fingerprint density at radius 2 is 2.08 bits per heavy atom. The molecule has 5 nitrogen and oxygen atoms in total. The predicted molar refractivity (Wildman–Crippen MR) is 39.3 cm³/mol. The lowest BCUT2D eigenvalue weighted by Gasteiger charge is -2.39. The Labute approximate surface area is 69.5 Å². The molecule has 0 aliphatic heterocycles. The molecule has 0 saturated heterocycles. The summed E-state index contributed by atoms with van der Waals surface area (Å²) in [5.41, 5.74) is 4.49. The van der Waals surface area contributed by atoms with E-state index in [1.165, 1.54) is 7.11 Å². The molecule has 0 radical (unpaired) electrons. The summed E-state index contributed by atoms with van der Waals surface area (Å²) in [6.07, 6.45) is 0.351. The predicted octanol–water partition coefficient (Wildman–Crippen LogP) is -0.648. The number of carboxylic acids is 1. The van der Waals surface area contributed by atoms with E-state index in [0.29, 0.717) is 0 Å². The lowest BCUT2D eigenvalue weighted by atomic mass is 9.69. The van der Waals surface area contributed by atoms with Crippen molar-refractivity contribution >= 4 is 11.9 Å². The van der Waals surface area contributed by atoms with Gasteiger partial charge in [0.15, 0.2) is 0 Å². The minimum Gasteiger partial charge on any atom is -0.481 e. The van der Waals surface area contributed by atoms with Crippen LogP contribution in [0.1, 0.15) is 12.8 Å². The van der Waals surface area contributed by atoms with Gasteiger partial charge in [-0.05, 0) is 12.8 Å². The number of hydrogen-bond donors (Lipinski definition) is 2. The van der Waals surface area contributed by atoms with Crippen molar-refractivity contribution in [3.8, 4) is 0 Å². The molecule has 0 aromatic rings. The normalized spacial score (nSPS) is 33.7. The van der Waals surface area contributed by atoms with Crippen LogP contribution >= 0.6 is 0 Å². The van der Waals surface area contributed by atoms with Crippen molar-refractivity contribution in [1.29, 1.82) is 0 Å². The zero-order valence-corrected chi connectivity index (χ0v) is 6.74. The summed E-state index contributed by atoms with van der Waals surface area (Å²) in [5.74, 6) is -1.92. The lowest BCUT2D eigenvalue weighted by molar-refractivity contribution is -0.159. The van der Waals surface area contributed by atoms with E-state index >= 15 is 0 Å². The first-order valence-corrected chi connectivity index (χ1v) is 3.60. The SMILES string of the molecule is COC(=O)C1(N)CC(C(=O)O)C1. The van der Waals surface area contributed by atoms with Crippen molar-refractivity contribution in [2.75, 3.05) is 7.11 Å². The molecule has 12 heavy (non-hydrogen) atoms. The fraction of sp³-hybridized carbons (Fsp3) is 0.714. The minimum absolute atomic E-state index is 0.176. The highest BCUT2D eigenvalue weighted by atomic mass is 16.5. The van der Waals surface area contributed by atoms with E-state index in [0.717, 1.165) is 0 Å².